The van der Waals surface area contributed by atoms with E-state index in [1.54, 1.807) is 0 Å². The molecular formula is C10H11BrF3NS. The number of alkyl halides is 3. The summed E-state index contributed by atoms with van der Waals surface area (Å²) in [5.41, 5.74) is -2.23. The van der Waals surface area contributed by atoms with E-state index < -0.39 is 5.51 Å². The fourth-order valence-corrected chi connectivity index (χ4v) is 2.18. The summed E-state index contributed by atoms with van der Waals surface area (Å²) in [5.74, 6) is 0.00379. The summed E-state index contributed by atoms with van der Waals surface area (Å²) < 4.78 is 36.4. The molecule has 0 fully saturated rings. The number of thioether (sulfide) groups is 1. The van der Waals surface area contributed by atoms with Gasteiger partial charge in [0.1, 0.15) is 0 Å². The van der Waals surface area contributed by atoms with Crippen molar-refractivity contribution in [2.75, 3.05) is 17.6 Å². The lowest BCUT2D eigenvalue weighted by molar-refractivity contribution is -0.0327. The van der Waals surface area contributed by atoms with Gasteiger partial charge >= 0.3 is 5.51 Å². The molecule has 0 aliphatic carbocycles. The van der Waals surface area contributed by atoms with E-state index in [1.807, 2.05) is 25.1 Å². The van der Waals surface area contributed by atoms with Crippen molar-refractivity contribution < 1.29 is 13.2 Å². The zero-order chi connectivity index (χ0) is 12.2. The highest BCUT2D eigenvalue weighted by atomic mass is 79.9. The molecule has 0 aromatic heterocycles. The van der Waals surface area contributed by atoms with Gasteiger partial charge in [-0.1, -0.05) is 6.07 Å². The standard InChI is InChI=1S/C10H11BrF3NS/c1-7-2-3-9(8(11)6-7)15-4-5-16-10(12,13)14/h2-3,6,15H,4-5H2,1H3. The highest BCUT2D eigenvalue weighted by Crippen LogP contribution is 2.30. The molecule has 1 N–H and O–H groups in total. The van der Waals surface area contributed by atoms with Crippen LogP contribution in [-0.2, 0) is 0 Å². The third-order valence-corrected chi connectivity index (χ3v) is 3.20. The van der Waals surface area contributed by atoms with Crippen LogP contribution < -0.4 is 5.32 Å². The number of nitrogens with one attached hydrogen (secondary N) is 1. The van der Waals surface area contributed by atoms with E-state index in [-0.39, 0.29) is 24.1 Å². The molecule has 16 heavy (non-hydrogen) atoms. The van der Waals surface area contributed by atoms with E-state index in [4.69, 9.17) is 0 Å². The first-order valence-corrected chi connectivity index (χ1v) is 6.37. The molecule has 0 bridgehead atoms. The Morgan fingerprint density at radius 2 is 2.06 bits per heavy atom. The first kappa shape index (κ1) is 13.7. The molecule has 1 nitrogen and oxygen atoms in total. The zero-order valence-electron chi connectivity index (χ0n) is 8.57. The summed E-state index contributed by atoms with van der Waals surface area (Å²) in [6, 6.07) is 5.67. The first-order chi connectivity index (χ1) is 7.38. The molecule has 0 saturated carbocycles. The molecule has 0 spiro atoms. The minimum Gasteiger partial charge on any atom is -0.383 e. The fourth-order valence-electron chi connectivity index (χ4n) is 1.12. The Balaban J connectivity index is 2.38. The van der Waals surface area contributed by atoms with Crippen LogP contribution in [0.15, 0.2) is 22.7 Å². The van der Waals surface area contributed by atoms with Crippen LogP contribution in [-0.4, -0.2) is 17.8 Å². The lowest BCUT2D eigenvalue weighted by atomic mass is 10.2. The maximum absolute atomic E-state index is 11.8. The van der Waals surface area contributed by atoms with Gasteiger partial charge in [0, 0.05) is 22.5 Å². The highest BCUT2D eigenvalue weighted by molar-refractivity contribution is 9.10. The van der Waals surface area contributed by atoms with Gasteiger partial charge in [-0.3, -0.25) is 0 Å². The number of hydrogen-bond donors (Lipinski definition) is 1. The van der Waals surface area contributed by atoms with E-state index in [0.29, 0.717) is 0 Å². The van der Waals surface area contributed by atoms with Gasteiger partial charge in [-0.2, -0.15) is 13.2 Å². The van der Waals surface area contributed by atoms with Gasteiger partial charge in [-0.25, -0.2) is 0 Å². The molecule has 1 aromatic carbocycles. The van der Waals surface area contributed by atoms with Crippen molar-refractivity contribution in [1.82, 2.24) is 0 Å². The fraction of sp³-hybridized carbons (Fsp3) is 0.400. The summed E-state index contributed by atoms with van der Waals surface area (Å²) >= 11 is 3.33. The second-order valence-electron chi connectivity index (χ2n) is 3.20. The van der Waals surface area contributed by atoms with E-state index >= 15 is 0 Å². The van der Waals surface area contributed by atoms with E-state index in [1.165, 1.54) is 0 Å². The summed E-state index contributed by atoms with van der Waals surface area (Å²) in [6.45, 7) is 2.24. The summed E-state index contributed by atoms with van der Waals surface area (Å²) in [4.78, 5) is 0. The maximum Gasteiger partial charge on any atom is 0.441 e. The van der Waals surface area contributed by atoms with Gasteiger partial charge in [0.2, 0.25) is 0 Å². The quantitative estimate of drug-likeness (QED) is 0.826. The molecule has 0 atom stereocenters. The van der Waals surface area contributed by atoms with Gasteiger partial charge in [0.25, 0.3) is 0 Å². The third kappa shape index (κ3) is 5.12. The van der Waals surface area contributed by atoms with Gasteiger partial charge in [-0.15, -0.1) is 0 Å². The molecular weight excluding hydrogens is 303 g/mol. The van der Waals surface area contributed by atoms with Crippen LogP contribution >= 0.6 is 27.7 Å². The Bertz CT molecular complexity index is 354. The number of halogens is 4. The number of benzene rings is 1. The molecule has 0 saturated heterocycles. The maximum atomic E-state index is 11.8. The number of anilines is 1. The summed E-state index contributed by atoms with van der Waals surface area (Å²) in [7, 11) is 0. The Labute approximate surface area is 105 Å². The SMILES string of the molecule is Cc1ccc(NCCSC(F)(F)F)c(Br)c1. The zero-order valence-corrected chi connectivity index (χ0v) is 11.0. The molecule has 0 aliphatic heterocycles. The Morgan fingerprint density at radius 1 is 1.38 bits per heavy atom. The molecule has 90 valence electrons. The Hall–Kier alpha value is -0.360. The van der Waals surface area contributed by atoms with Crippen LogP contribution in [0.25, 0.3) is 0 Å². The van der Waals surface area contributed by atoms with Gasteiger partial charge in [0.05, 0.1) is 0 Å². The van der Waals surface area contributed by atoms with Crippen LogP contribution in [0.1, 0.15) is 5.56 Å². The number of aryl methyl sites for hydroxylation is 1. The van der Waals surface area contributed by atoms with Gasteiger partial charge in [-0.05, 0) is 52.3 Å². The Kier molecular flexibility index (Phi) is 4.98. The second-order valence-corrected chi connectivity index (χ2v) is 5.22. The molecule has 0 radical (unpaired) electrons. The minimum absolute atomic E-state index is 0.00379. The summed E-state index contributed by atoms with van der Waals surface area (Å²) in [5, 5.41) is 2.95. The first-order valence-electron chi connectivity index (χ1n) is 4.59. The summed E-state index contributed by atoms with van der Waals surface area (Å²) in [6.07, 6.45) is 0. The molecule has 1 rings (SSSR count). The molecule has 0 amide bonds. The van der Waals surface area contributed by atoms with Crippen molar-refractivity contribution >= 4 is 33.4 Å². The van der Waals surface area contributed by atoms with Crippen LogP contribution in [0.4, 0.5) is 18.9 Å². The van der Waals surface area contributed by atoms with Crippen molar-refractivity contribution in [2.45, 2.75) is 12.4 Å². The van der Waals surface area contributed by atoms with Crippen LogP contribution in [0.3, 0.4) is 0 Å². The van der Waals surface area contributed by atoms with Crippen molar-refractivity contribution in [1.29, 1.82) is 0 Å². The van der Waals surface area contributed by atoms with Crippen molar-refractivity contribution in [2.24, 2.45) is 0 Å². The molecule has 0 unspecified atom stereocenters. The normalized spacial score (nSPS) is 11.6. The third-order valence-electron chi connectivity index (χ3n) is 1.81. The topological polar surface area (TPSA) is 12.0 Å². The van der Waals surface area contributed by atoms with Crippen molar-refractivity contribution in [3.05, 3.63) is 28.2 Å². The van der Waals surface area contributed by atoms with Crippen LogP contribution in [0, 0.1) is 6.92 Å². The largest absolute Gasteiger partial charge is 0.441 e. The van der Waals surface area contributed by atoms with Crippen molar-refractivity contribution in [3.63, 3.8) is 0 Å². The second kappa shape index (κ2) is 5.82. The predicted molar refractivity (Wildman–Crippen MR) is 65.9 cm³/mol. The number of rotatable bonds is 4. The highest BCUT2D eigenvalue weighted by Gasteiger charge is 2.27. The van der Waals surface area contributed by atoms with Crippen molar-refractivity contribution in [3.8, 4) is 0 Å². The Morgan fingerprint density at radius 3 is 2.62 bits per heavy atom. The van der Waals surface area contributed by atoms with Gasteiger partial charge < -0.3 is 5.32 Å². The van der Waals surface area contributed by atoms with Crippen LogP contribution in [0.2, 0.25) is 0 Å². The van der Waals surface area contributed by atoms with Gasteiger partial charge in [0.15, 0.2) is 0 Å². The van der Waals surface area contributed by atoms with Crippen LogP contribution in [0.5, 0.6) is 0 Å². The predicted octanol–water partition coefficient (Wildman–Crippen LogP) is 4.42. The van der Waals surface area contributed by atoms with E-state index in [0.717, 1.165) is 15.7 Å². The average molecular weight is 314 g/mol. The molecule has 6 heteroatoms. The lowest BCUT2D eigenvalue weighted by Gasteiger charge is -2.10. The van der Waals surface area contributed by atoms with E-state index in [9.17, 15) is 13.2 Å². The average Bonchev–Trinajstić information content (AvgIpc) is 2.13. The monoisotopic (exact) mass is 313 g/mol. The lowest BCUT2D eigenvalue weighted by Crippen LogP contribution is -2.09. The minimum atomic E-state index is -4.15. The molecule has 0 aliphatic rings. The molecule has 0 heterocycles. The number of hydrogen-bond acceptors (Lipinski definition) is 2. The van der Waals surface area contributed by atoms with E-state index in [2.05, 4.69) is 21.2 Å². The molecule has 1 aromatic rings. The smallest absolute Gasteiger partial charge is 0.383 e.